The van der Waals surface area contributed by atoms with Gasteiger partial charge < -0.3 is 41.0 Å². The van der Waals surface area contributed by atoms with E-state index in [0.29, 0.717) is 19.4 Å². The van der Waals surface area contributed by atoms with Crippen LogP contribution in [0.2, 0.25) is 0 Å². The van der Waals surface area contributed by atoms with E-state index in [0.717, 1.165) is 24.3 Å². The van der Waals surface area contributed by atoms with Crippen LogP contribution in [0.25, 0.3) is 22.3 Å². The number of unbranched alkanes of at least 4 members (excludes halogenated alkanes) is 1. The maximum absolute atomic E-state index is 13.1. The molecule has 0 bridgehead atoms. The zero-order chi connectivity index (χ0) is 22.7. The highest BCUT2D eigenvalue weighted by Gasteiger charge is 2.25. The number of ether oxygens (including phenoxy) is 1. The van der Waals surface area contributed by atoms with Crippen LogP contribution in [0.1, 0.15) is 19.3 Å². The number of hydrogen-bond acceptors (Lipinski definition) is 10. The Balaban J connectivity index is 2.15. The van der Waals surface area contributed by atoms with E-state index >= 15 is 0 Å². The van der Waals surface area contributed by atoms with Crippen LogP contribution in [-0.2, 0) is 4.79 Å². The second-order valence-corrected chi connectivity index (χ2v) is 6.94. The minimum absolute atomic E-state index is 0.0941. The van der Waals surface area contributed by atoms with Crippen molar-refractivity contribution >= 4 is 16.9 Å². The predicted octanol–water partition coefficient (Wildman–Crippen LogP) is 1.64. The molecule has 0 radical (unpaired) electrons. The fraction of sp³-hybridized carbons (Fsp3) is 0.238. The lowest BCUT2D eigenvalue weighted by Gasteiger charge is -2.14. The number of phenols is 4. The second-order valence-electron chi connectivity index (χ2n) is 6.94. The standard InChI is InChI=1S/C21H22N2O8/c22-6-2-1-3-12(23)21(29)31-20-18(28)17-15(27)8-11(24)9-16(17)30-19(20)10-4-5-13(25)14(26)7-10/h4-5,7-9,12,24-27H,1-3,6,22-23H2. The molecule has 1 atom stereocenters. The van der Waals surface area contributed by atoms with Crippen LogP contribution >= 0.6 is 0 Å². The van der Waals surface area contributed by atoms with Gasteiger partial charge in [0.15, 0.2) is 17.3 Å². The molecule has 0 aliphatic carbocycles. The second kappa shape index (κ2) is 8.94. The van der Waals surface area contributed by atoms with E-state index in [1.165, 1.54) is 6.07 Å². The lowest BCUT2D eigenvalue weighted by molar-refractivity contribution is -0.136. The number of carbonyl (C=O) groups excluding carboxylic acids is 1. The van der Waals surface area contributed by atoms with Gasteiger partial charge in [-0.2, -0.15) is 0 Å². The molecular weight excluding hydrogens is 408 g/mol. The summed E-state index contributed by atoms with van der Waals surface area (Å²) in [4.78, 5) is 25.6. The fourth-order valence-corrected chi connectivity index (χ4v) is 3.02. The highest BCUT2D eigenvalue weighted by atomic mass is 16.5. The van der Waals surface area contributed by atoms with Crippen molar-refractivity contribution in [2.75, 3.05) is 6.54 Å². The highest BCUT2D eigenvalue weighted by molar-refractivity contribution is 5.90. The molecule has 0 saturated heterocycles. The molecule has 0 aliphatic heterocycles. The van der Waals surface area contributed by atoms with E-state index in [9.17, 15) is 30.0 Å². The number of benzene rings is 2. The van der Waals surface area contributed by atoms with Gasteiger partial charge in [0.1, 0.15) is 28.5 Å². The number of fused-ring (bicyclic) bond motifs is 1. The molecular formula is C21H22N2O8. The molecule has 0 spiro atoms. The van der Waals surface area contributed by atoms with Gasteiger partial charge in [-0.05, 0) is 37.6 Å². The summed E-state index contributed by atoms with van der Waals surface area (Å²) in [7, 11) is 0. The molecule has 0 fully saturated rings. The van der Waals surface area contributed by atoms with Crippen molar-refractivity contribution < 1.29 is 34.4 Å². The average Bonchev–Trinajstić information content (AvgIpc) is 2.71. The first kappa shape index (κ1) is 21.9. The van der Waals surface area contributed by atoms with Crippen LogP contribution in [0.5, 0.6) is 28.7 Å². The Kier molecular flexibility index (Phi) is 6.33. The van der Waals surface area contributed by atoms with Gasteiger partial charge in [0.25, 0.3) is 0 Å². The third-order valence-electron chi connectivity index (χ3n) is 4.63. The number of rotatable bonds is 7. The number of nitrogens with two attached hydrogens (primary N) is 2. The first-order valence-electron chi connectivity index (χ1n) is 9.45. The van der Waals surface area contributed by atoms with Crippen LogP contribution in [0, 0.1) is 0 Å². The zero-order valence-electron chi connectivity index (χ0n) is 16.4. The first-order valence-corrected chi connectivity index (χ1v) is 9.45. The molecule has 0 aliphatic rings. The Bertz CT molecular complexity index is 1190. The van der Waals surface area contributed by atoms with Crippen LogP contribution in [0.3, 0.4) is 0 Å². The summed E-state index contributed by atoms with van der Waals surface area (Å²) in [5.74, 6) is -3.57. The summed E-state index contributed by atoms with van der Waals surface area (Å²) in [5, 5.41) is 38.9. The van der Waals surface area contributed by atoms with Crippen molar-refractivity contribution in [2.45, 2.75) is 25.3 Å². The van der Waals surface area contributed by atoms with E-state index in [1.807, 2.05) is 0 Å². The van der Waals surface area contributed by atoms with Crippen LogP contribution in [-0.4, -0.2) is 39.0 Å². The van der Waals surface area contributed by atoms with Gasteiger partial charge in [-0.1, -0.05) is 6.42 Å². The Morgan fingerprint density at radius 3 is 2.45 bits per heavy atom. The fourth-order valence-electron chi connectivity index (χ4n) is 3.02. The maximum Gasteiger partial charge on any atom is 0.328 e. The number of aromatic hydroxyl groups is 4. The van der Waals surface area contributed by atoms with Crippen molar-refractivity contribution in [3.05, 3.63) is 40.6 Å². The zero-order valence-corrected chi connectivity index (χ0v) is 16.4. The molecule has 0 amide bonds. The van der Waals surface area contributed by atoms with Crippen molar-refractivity contribution in [3.63, 3.8) is 0 Å². The summed E-state index contributed by atoms with van der Waals surface area (Å²) in [5.41, 5.74) is 10.3. The molecule has 0 saturated carbocycles. The molecule has 31 heavy (non-hydrogen) atoms. The summed E-state index contributed by atoms with van der Waals surface area (Å²) >= 11 is 0. The van der Waals surface area contributed by atoms with Gasteiger partial charge in [0.2, 0.25) is 11.2 Å². The van der Waals surface area contributed by atoms with E-state index in [1.54, 1.807) is 0 Å². The smallest absolute Gasteiger partial charge is 0.328 e. The van der Waals surface area contributed by atoms with Crippen molar-refractivity contribution in [3.8, 4) is 40.1 Å². The maximum atomic E-state index is 13.1. The number of esters is 1. The van der Waals surface area contributed by atoms with Crippen molar-refractivity contribution in [1.29, 1.82) is 0 Å². The van der Waals surface area contributed by atoms with Gasteiger partial charge in [-0.15, -0.1) is 0 Å². The van der Waals surface area contributed by atoms with Crippen LogP contribution in [0.15, 0.2) is 39.5 Å². The molecule has 8 N–H and O–H groups in total. The molecule has 3 aromatic rings. The van der Waals surface area contributed by atoms with Crippen molar-refractivity contribution in [1.82, 2.24) is 0 Å². The lowest BCUT2D eigenvalue weighted by atomic mass is 10.1. The van der Waals surface area contributed by atoms with Gasteiger partial charge in [-0.3, -0.25) is 4.79 Å². The topological polar surface area (TPSA) is 189 Å². The minimum atomic E-state index is -1.03. The third kappa shape index (κ3) is 4.55. The minimum Gasteiger partial charge on any atom is -0.508 e. The highest BCUT2D eigenvalue weighted by Crippen LogP contribution is 2.38. The number of phenolic OH excluding ortho intramolecular Hbond substituents is 4. The molecule has 1 aromatic heterocycles. The average molecular weight is 430 g/mol. The Hall–Kier alpha value is -3.76. The number of hydrogen-bond donors (Lipinski definition) is 6. The summed E-state index contributed by atoms with van der Waals surface area (Å²) in [6.45, 7) is 0.441. The Morgan fingerprint density at radius 2 is 1.77 bits per heavy atom. The molecule has 2 aromatic carbocycles. The monoisotopic (exact) mass is 430 g/mol. The normalized spacial score (nSPS) is 12.1. The van der Waals surface area contributed by atoms with Gasteiger partial charge in [0, 0.05) is 17.7 Å². The van der Waals surface area contributed by atoms with E-state index in [2.05, 4.69) is 0 Å². The van der Waals surface area contributed by atoms with Crippen LogP contribution in [0.4, 0.5) is 0 Å². The SMILES string of the molecule is NCCCCC(N)C(=O)Oc1c(-c2ccc(O)c(O)c2)oc2cc(O)cc(O)c2c1=O. The number of carbonyl (C=O) groups is 1. The Labute approximate surface area is 175 Å². The van der Waals surface area contributed by atoms with E-state index < -0.39 is 40.4 Å². The quantitative estimate of drug-likeness (QED) is 0.182. The lowest BCUT2D eigenvalue weighted by Crippen LogP contribution is -2.35. The van der Waals surface area contributed by atoms with Gasteiger partial charge in [-0.25, -0.2) is 4.79 Å². The van der Waals surface area contributed by atoms with Crippen LogP contribution < -0.4 is 21.6 Å². The summed E-state index contributed by atoms with van der Waals surface area (Å²) in [6.07, 6.45) is 1.52. The largest absolute Gasteiger partial charge is 0.508 e. The predicted molar refractivity (Wildman–Crippen MR) is 111 cm³/mol. The van der Waals surface area contributed by atoms with Crippen molar-refractivity contribution in [2.24, 2.45) is 11.5 Å². The molecule has 10 nitrogen and oxygen atoms in total. The molecule has 164 valence electrons. The summed E-state index contributed by atoms with van der Waals surface area (Å²) in [6, 6.07) is 4.58. The van der Waals surface area contributed by atoms with Gasteiger partial charge in [0.05, 0.1) is 0 Å². The Morgan fingerprint density at radius 1 is 1.03 bits per heavy atom. The molecule has 1 unspecified atom stereocenters. The molecule has 3 rings (SSSR count). The summed E-state index contributed by atoms with van der Waals surface area (Å²) < 4.78 is 10.9. The van der Waals surface area contributed by atoms with Gasteiger partial charge >= 0.3 is 5.97 Å². The molecule has 10 heteroatoms. The first-order chi connectivity index (χ1) is 14.7. The third-order valence-corrected chi connectivity index (χ3v) is 4.63. The van der Waals surface area contributed by atoms with E-state index in [4.69, 9.17) is 20.6 Å². The molecule has 1 heterocycles. The van der Waals surface area contributed by atoms with E-state index in [-0.39, 0.29) is 34.5 Å².